The van der Waals surface area contributed by atoms with E-state index in [1.54, 1.807) is 18.2 Å². The average Bonchev–Trinajstić information content (AvgIpc) is 2.74. The van der Waals surface area contributed by atoms with E-state index in [4.69, 9.17) is 0 Å². The fourth-order valence-corrected chi connectivity index (χ4v) is 4.14. The van der Waals surface area contributed by atoms with Gasteiger partial charge in [-0.05, 0) is 55.6 Å². The van der Waals surface area contributed by atoms with Gasteiger partial charge >= 0.3 is 0 Å². The average molecular weight is 401 g/mol. The van der Waals surface area contributed by atoms with Crippen LogP contribution in [0.2, 0.25) is 0 Å². The van der Waals surface area contributed by atoms with Crippen LogP contribution in [0.25, 0.3) is 17.2 Å². The fourth-order valence-electron chi connectivity index (χ4n) is 4.14. The minimum Gasteiger partial charge on any atom is -0.247 e. The van der Waals surface area contributed by atoms with E-state index in [0.717, 1.165) is 31.2 Å². The van der Waals surface area contributed by atoms with Crippen molar-refractivity contribution in [2.45, 2.75) is 76.8 Å². The minimum atomic E-state index is -0.802. The molecule has 0 unspecified atom stereocenters. The lowest BCUT2D eigenvalue weighted by molar-refractivity contribution is 0.235. The molecule has 3 heteroatoms. The molecule has 1 fully saturated rings. The molecule has 3 rings (SSSR count). The maximum Gasteiger partial charge on any atom is 0.167 e. The predicted molar refractivity (Wildman–Crippen MR) is 116 cm³/mol. The lowest BCUT2D eigenvalue weighted by Crippen LogP contribution is -2.13. The maximum atomic E-state index is 14.7. The van der Waals surface area contributed by atoms with Crippen molar-refractivity contribution in [2.24, 2.45) is 0 Å². The zero-order valence-electron chi connectivity index (χ0n) is 17.3. The molecule has 0 spiro atoms. The zero-order valence-corrected chi connectivity index (χ0v) is 17.3. The summed E-state index contributed by atoms with van der Waals surface area (Å²) in [6, 6.07) is 10.9. The molecular weight excluding hydrogens is 369 g/mol. The number of benzene rings is 2. The third kappa shape index (κ3) is 5.74. The summed E-state index contributed by atoms with van der Waals surface area (Å²) in [5, 5.41) is 0. The van der Waals surface area contributed by atoms with Gasteiger partial charge in [0.05, 0.1) is 0 Å². The minimum absolute atomic E-state index is 0.279. The van der Waals surface area contributed by atoms with Gasteiger partial charge < -0.3 is 0 Å². The first kappa shape index (κ1) is 21.7. The van der Waals surface area contributed by atoms with Crippen molar-refractivity contribution < 1.29 is 13.2 Å². The summed E-state index contributed by atoms with van der Waals surface area (Å²) >= 11 is 0. The summed E-state index contributed by atoms with van der Waals surface area (Å²) in [6.45, 7) is 2.17. The summed E-state index contributed by atoms with van der Waals surface area (Å²) in [5.74, 6) is -1.23. The van der Waals surface area contributed by atoms with E-state index in [1.807, 2.05) is 30.3 Å². The molecule has 0 nitrogen and oxygen atoms in total. The lowest BCUT2D eigenvalue weighted by Gasteiger charge is -2.24. The first-order valence-corrected chi connectivity index (χ1v) is 11.0. The standard InChI is InChI=1S/C26H31F3/c1-2-3-4-5-6-7-8-22-15-18-24(26(29)25(22)28)21-11-9-19(10-12-21)20-13-16-23(27)17-14-20/h7-12,15,18,20,23H,2-6,13-14,16-17H2,1H3/b8-7+. The Labute approximate surface area is 172 Å². The Morgan fingerprint density at radius 3 is 2.28 bits per heavy atom. The summed E-state index contributed by atoms with van der Waals surface area (Å²) in [7, 11) is 0. The molecule has 156 valence electrons. The van der Waals surface area contributed by atoms with E-state index in [-0.39, 0.29) is 5.56 Å². The molecule has 29 heavy (non-hydrogen) atoms. The van der Waals surface area contributed by atoms with Gasteiger partial charge in [-0.15, -0.1) is 0 Å². The van der Waals surface area contributed by atoms with E-state index in [9.17, 15) is 13.2 Å². The zero-order chi connectivity index (χ0) is 20.6. The van der Waals surface area contributed by atoms with Gasteiger partial charge in [0.2, 0.25) is 0 Å². The van der Waals surface area contributed by atoms with Gasteiger partial charge in [-0.1, -0.05) is 74.7 Å². The Morgan fingerprint density at radius 1 is 0.862 bits per heavy atom. The lowest BCUT2D eigenvalue weighted by atomic mass is 9.83. The molecule has 0 aromatic heterocycles. The predicted octanol–water partition coefficient (Wildman–Crippen LogP) is 8.61. The van der Waals surface area contributed by atoms with Crippen LogP contribution in [0.15, 0.2) is 42.5 Å². The van der Waals surface area contributed by atoms with Crippen LogP contribution in [0, 0.1) is 11.6 Å². The molecule has 1 saturated carbocycles. The molecule has 0 aliphatic heterocycles. The molecule has 0 N–H and O–H groups in total. The first-order chi connectivity index (χ1) is 14.1. The van der Waals surface area contributed by atoms with Crippen molar-refractivity contribution in [3.8, 4) is 11.1 Å². The van der Waals surface area contributed by atoms with Crippen LogP contribution in [-0.4, -0.2) is 6.17 Å². The third-order valence-electron chi connectivity index (χ3n) is 5.98. The third-order valence-corrected chi connectivity index (χ3v) is 5.98. The number of halogens is 3. The van der Waals surface area contributed by atoms with Crippen molar-refractivity contribution in [3.05, 3.63) is 65.2 Å². The fraction of sp³-hybridized carbons (Fsp3) is 0.462. The Balaban J connectivity index is 1.67. The number of hydrogen-bond acceptors (Lipinski definition) is 0. The highest BCUT2D eigenvalue weighted by molar-refractivity contribution is 5.67. The summed E-state index contributed by atoms with van der Waals surface area (Å²) < 4.78 is 42.5. The van der Waals surface area contributed by atoms with Crippen LogP contribution in [-0.2, 0) is 0 Å². The Bertz CT molecular complexity index is 799. The van der Waals surface area contributed by atoms with Gasteiger partial charge in [-0.25, -0.2) is 13.2 Å². The van der Waals surface area contributed by atoms with Crippen LogP contribution in [0.3, 0.4) is 0 Å². The summed E-state index contributed by atoms with van der Waals surface area (Å²) in [4.78, 5) is 0. The van der Waals surface area contributed by atoms with Crippen molar-refractivity contribution in [1.82, 2.24) is 0 Å². The normalized spacial score (nSPS) is 19.7. The van der Waals surface area contributed by atoms with Crippen molar-refractivity contribution in [2.75, 3.05) is 0 Å². The van der Waals surface area contributed by atoms with Gasteiger partial charge in [0.1, 0.15) is 6.17 Å². The monoisotopic (exact) mass is 400 g/mol. The maximum absolute atomic E-state index is 14.7. The van der Waals surface area contributed by atoms with E-state index in [0.29, 0.717) is 29.9 Å². The molecule has 0 saturated heterocycles. The highest BCUT2D eigenvalue weighted by Gasteiger charge is 2.22. The van der Waals surface area contributed by atoms with Crippen molar-refractivity contribution >= 4 is 6.08 Å². The van der Waals surface area contributed by atoms with E-state index >= 15 is 0 Å². The molecule has 0 atom stereocenters. The van der Waals surface area contributed by atoms with Gasteiger partial charge in [-0.2, -0.15) is 0 Å². The van der Waals surface area contributed by atoms with E-state index < -0.39 is 17.8 Å². The van der Waals surface area contributed by atoms with Crippen LogP contribution in [0.5, 0.6) is 0 Å². The highest BCUT2D eigenvalue weighted by Crippen LogP contribution is 2.35. The molecular formula is C26H31F3. The van der Waals surface area contributed by atoms with E-state index in [1.165, 1.54) is 19.3 Å². The molecule has 0 heterocycles. The highest BCUT2D eigenvalue weighted by atomic mass is 19.2. The molecule has 1 aliphatic rings. The molecule has 0 radical (unpaired) electrons. The number of alkyl halides is 1. The Morgan fingerprint density at radius 2 is 1.59 bits per heavy atom. The SMILES string of the molecule is CCCCCC/C=C/c1ccc(-c2ccc(C3CCC(F)CC3)cc2)c(F)c1F. The first-order valence-electron chi connectivity index (χ1n) is 11.0. The second-order valence-corrected chi connectivity index (χ2v) is 8.15. The smallest absolute Gasteiger partial charge is 0.167 e. The van der Waals surface area contributed by atoms with Gasteiger partial charge in [0.25, 0.3) is 0 Å². The molecule has 2 aromatic carbocycles. The number of unbranched alkanes of at least 4 members (excludes halogenated alkanes) is 4. The number of hydrogen-bond donors (Lipinski definition) is 0. The van der Waals surface area contributed by atoms with Crippen LogP contribution >= 0.6 is 0 Å². The Kier molecular flexibility index (Phi) is 7.97. The van der Waals surface area contributed by atoms with E-state index in [2.05, 4.69) is 6.92 Å². The molecule has 1 aliphatic carbocycles. The Hall–Kier alpha value is -2.03. The largest absolute Gasteiger partial charge is 0.247 e. The van der Waals surface area contributed by atoms with Crippen LogP contribution < -0.4 is 0 Å². The molecule has 0 bridgehead atoms. The summed E-state index contributed by atoms with van der Waals surface area (Å²) in [6.07, 6.45) is 11.4. The molecule has 0 amide bonds. The quantitative estimate of drug-likeness (QED) is 0.389. The van der Waals surface area contributed by atoms with Crippen LogP contribution in [0.4, 0.5) is 13.2 Å². The molecule has 2 aromatic rings. The van der Waals surface area contributed by atoms with Crippen LogP contribution in [0.1, 0.15) is 81.8 Å². The van der Waals surface area contributed by atoms with Gasteiger partial charge in [0, 0.05) is 11.1 Å². The number of rotatable bonds is 8. The van der Waals surface area contributed by atoms with Crippen molar-refractivity contribution in [3.63, 3.8) is 0 Å². The topological polar surface area (TPSA) is 0 Å². The number of allylic oxidation sites excluding steroid dienone is 1. The van der Waals surface area contributed by atoms with Gasteiger partial charge in [-0.3, -0.25) is 0 Å². The second-order valence-electron chi connectivity index (χ2n) is 8.15. The van der Waals surface area contributed by atoms with Gasteiger partial charge in [0.15, 0.2) is 11.6 Å². The second kappa shape index (κ2) is 10.7. The van der Waals surface area contributed by atoms with Crippen molar-refractivity contribution in [1.29, 1.82) is 0 Å². The summed E-state index contributed by atoms with van der Waals surface area (Å²) in [5.41, 5.74) is 2.39.